The number of halogens is 1. The molecule has 128 valence electrons. The molecular formula is C16H14ClN5O2S. The van der Waals surface area contributed by atoms with E-state index in [9.17, 15) is 10.1 Å². The van der Waals surface area contributed by atoms with E-state index in [0.717, 1.165) is 5.56 Å². The average molecular weight is 376 g/mol. The molecule has 0 aliphatic rings. The molecule has 0 amide bonds. The lowest BCUT2D eigenvalue weighted by Crippen LogP contribution is -2.12. The van der Waals surface area contributed by atoms with Crippen LogP contribution in [0.4, 0.5) is 5.69 Å². The van der Waals surface area contributed by atoms with Crippen molar-refractivity contribution in [3.8, 4) is 11.4 Å². The third kappa shape index (κ3) is 3.59. The van der Waals surface area contributed by atoms with Gasteiger partial charge in [-0.2, -0.15) is 0 Å². The van der Waals surface area contributed by atoms with Gasteiger partial charge in [-0.15, -0.1) is 10.2 Å². The van der Waals surface area contributed by atoms with E-state index in [-0.39, 0.29) is 10.9 Å². The lowest BCUT2D eigenvalue weighted by Gasteiger charge is -2.11. The van der Waals surface area contributed by atoms with Gasteiger partial charge in [0.1, 0.15) is 0 Å². The third-order valence-corrected chi connectivity index (χ3v) is 5.06. The van der Waals surface area contributed by atoms with Gasteiger partial charge in [-0.05, 0) is 24.6 Å². The molecule has 0 radical (unpaired) electrons. The Morgan fingerprint density at radius 3 is 2.72 bits per heavy atom. The zero-order valence-corrected chi connectivity index (χ0v) is 14.7. The molecule has 0 saturated heterocycles. The van der Waals surface area contributed by atoms with Gasteiger partial charge in [0.25, 0.3) is 5.69 Å². The zero-order valence-electron chi connectivity index (χ0n) is 13.2. The molecule has 3 rings (SSSR count). The van der Waals surface area contributed by atoms with E-state index in [1.807, 2.05) is 31.2 Å². The number of benzene rings is 2. The van der Waals surface area contributed by atoms with Crippen LogP contribution in [0.3, 0.4) is 0 Å². The highest BCUT2D eigenvalue weighted by Gasteiger charge is 2.18. The molecule has 7 nitrogen and oxygen atoms in total. The lowest BCUT2D eigenvalue weighted by molar-refractivity contribution is -0.384. The summed E-state index contributed by atoms with van der Waals surface area (Å²) in [4.78, 5) is 10.5. The normalized spacial score (nSPS) is 12.1. The standard InChI is InChI=1S/C16H14ClN5O2S/c1-10(11-5-4-6-12(9-11)22(23)24)25-16-20-19-15(21(16)18)13-7-2-3-8-14(13)17/h2-10H,18H2,1H3. The molecule has 9 heteroatoms. The molecular weight excluding hydrogens is 362 g/mol. The first kappa shape index (κ1) is 17.2. The predicted octanol–water partition coefficient (Wildman–Crippen LogP) is 4.07. The Bertz CT molecular complexity index is 930. The van der Waals surface area contributed by atoms with E-state index in [0.29, 0.717) is 21.6 Å². The van der Waals surface area contributed by atoms with Crippen molar-refractivity contribution in [2.45, 2.75) is 17.3 Å². The highest BCUT2D eigenvalue weighted by atomic mass is 35.5. The van der Waals surface area contributed by atoms with Crippen LogP contribution in [-0.4, -0.2) is 19.8 Å². The highest BCUT2D eigenvalue weighted by molar-refractivity contribution is 7.99. The van der Waals surface area contributed by atoms with Crippen molar-refractivity contribution >= 4 is 29.1 Å². The molecule has 0 saturated carbocycles. The Hall–Kier alpha value is -2.58. The van der Waals surface area contributed by atoms with Crippen molar-refractivity contribution in [2.24, 2.45) is 0 Å². The Morgan fingerprint density at radius 2 is 2.00 bits per heavy atom. The molecule has 2 aromatic carbocycles. The second-order valence-electron chi connectivity index (χ2n) is 5.27. The third-order valence-electron chi connectivity index (χ3n) is 3.61. The summed E-state index contributed by atoms with van der Waals surface area (Å²) in [5, 5.41) is 20.1. The molecule has 0 fully saturated rings. The zero-order chi connectivity index (χ0) is 18.0. The van der Waals surface area contributed by atoms with Crippen molar-refractivity contribution in [2.75, 3.05) is 5.84 Å². The average Bonchev–Trinajstić information content (AvgIpc) is 2.96. The number of aromatic nitrogens is 3. The molecule has 0 aliphatic heterocycles. The minimum atomic E-state index is -0.415. The Labute approximate surface area is 152 Å². The highest BCUT2D eigenvalue weighted by Crippen LogP contribution is 2.36. The number of hydrogen-bond donors (Lipinski definition) is 1. The van der Waals surface area contributed by atoms with Crippen LogP contribution in [0.2, 0.25) is 5.02 Å². The fourth-order valence-electron chi connectivity index (χ4n) is 2.30. The summed E-state index contributed by atoms with van der Waals surface area (Å²) < 4.78 is 1.37. The van der Waals surface area contributed by atoms with Crippen molar-refractivity contribution in [3.05, 3.63) is 69.2 Å². The Morgan fingerprint density at radius 1 is 1.24 bits per heavy atom. The fourth-order valence-corrected chi connectivity index (χ4v) is 3.41. The second kappa shape index (κ2) is 7.12. The summed E-state index contributed by atoms with van der Waals surface area (Å²) in [6, 6.07) is 13.7. The number of thioether (sulfide) groups is 1. The van der Waals surface area contributed by atoms with Crippen molar-refractivity contribution in [1.82, 2.24) is 14.9 Å². The number of rotatable bonds is 5. The topological polar surface area (TPSA) is 99.9 Å². The van der Waals surface area contributed by atoms with Gasteiger partial charge in [-0.1, -0.05) is 47.6 Å². The minimum absolute atomic E-state index is 0.0518. The Balaban J connectivity index is 1.86. The van der Waals surface area contributed by atoms with E-state index < -0.39 is 4.92 Å². The van der Waals surface area contributed by atoms with Crippen LogP contribution in [0.15, 0.2) is 53.7 Å². The number of non-ortho nitro benzene ring substituents is 1. The summed E-state index contributed by atoms with van der Waals surface area (Å²) in [6.07, 6.45) is 0. The van der Waals surface area contributed by atoms with Gasteiger partial charge in [0.2, 0.25) is 5.16 Å². The Kier molecular flexibility index (Phi) is 4.91. The van der Waals surface area contributed by atoms with Gasteiger partial charge >= 0.3 is 0 Å². The van der Waals surface area contributed by atoms with E-state index in [1.54, 1.807) is 18.2 Å². The maximum absolute atomic E-state index is 10.9. The summed E-state index contributed by atoms with van der Waals surface area (Å²) in [6.45, 7) is 1.92. The molecule has 1 aromatic heterocycles. The van der Waals surface area contributed by atoms with Gasteiger partial charge in [0, 0.05) is 22.9 Å². The van der Waals surface area contributed by atoms with Crippen LogP contribution in [0.5, 0.6) is 0 Å². The number of nitrogens with zero attached hydrogens (tertiary/aromatic N) is 4. The fraction of sp³-hybridized carbons (Fsp3) is 0.125. The van der Waals surface area contributed by atoms with E-state index in [2.05, 4.69) is 10.2 Å². The molecule has 25 heavy (non-hydrogen) atoms. The molecule has 2 N–H and O–H groups in total. The first-order chi connectivity index (χ1) is 12.0. The van der Waals surface area contributed by atoms with Crippen molar-refractivity contribution in [3.63, 3.8) is 0 Å². The SMILES string of the molecule is CC(Sc1nnc(-c2ccccc2Cl)n1N)c1cccc([N+](=O)[O-])c1. The molecule has 1 unspecified atom stereocenters. The second-order valence-corrected chi connectivity index (χ2v) is 6.98. The molecule has 0 bridgehead atoms. The predicted molar refractivity (Wildman–Crippen MR) is 98.0 cm³/mol. The smallest absolute Gasteiger partial charge is 0.269 e. The van der Waals surface area contributed by atoms with Crippen LogP contribution in [0.1, 0.15) is 17.7 Å². The summed E-state index contributed by atoms with van der Waals surface area (Å²) in [7, 11) is 0. The van der Waals surface area contributed by atoms with E-state index >= 15 is 0 Å². The quantitative estimate of drug-likeness (QED) is 0.312. The summed E-state index contributed by atoms with van der Waals surface area (Å²) in [5.41, 5.74) is 1.55. The summed E-state index contributed by atoms with van der Waals surface area (Å²) >= 11 is 7.55. The summed E-state index contributed by atoms with van der Waals surface area (Å²) in [5.74, 6) is 6.57. The van der Waals surface area contributed by atoms with E-state index in [1.165, 1.54) is 22.5 Å². The lowest BCUT2D eigenvalue weighted by atomic mass is 10.1. The first-order valence-electron chi connectivity index (χ1n) is 7.33. The van der Waals surface area contributed by atoms with E-state index in [4.69, 9.17) is 17.4 Å². The maximum Gasteiger partial charge on any atom is 0.269 e. The van der Waals surface area contributed by atoms with Crippen LogP contribution >= 0.6 is 23.4 Å². The van der Waals surface area contributed by atoms with Gasteiger partial charge in [-0.25, -0.2) is 4.68 Å². The molecule has 0 aliphatic carbocycles. The number of nitrogens with two attached hydrogens (primary N) is 1. The number of nitro groups is 1. The van der Waals surface area contributed by atoms with Crippen LogP contribution in [0, 0.1) is 10.1 Å². The molecule has 1 atom stereocenters. The number of nitro benzene ring substituents is 1. The van der Waals surface area contributed by atoms with Crippen molar-refractivity contribution < 1.29 is 4.92 Å². The van der Waals surface area contributed by atoms with Gasteiger partial charge < -0.3 is 5.84 Å². The first-order valence-corrected chi connectivity index (χ1v) is 8.59. The maximum atomic E-state index is 10.9. The van der Waals surface area contributed by atoms with Gasteiger partial charge in [0.15, 0.2) is 5.82 Å². The van der Waals surface area contributed by atoms with Gasteiger partial charge in [-0.3, -0.25) is 10.1 Å². The number of nitrogen functional groups attached to an aromatic ring is 1. The minimum Gasteiger partial charge on any atom is -0.335 e. The van der Waals surface area contributed by atoms with Crippen LogP contribution < -0.4 is 5.84 Å². The van der Waals surface area contributed by atoms with Crippen LogP contribution in [-0.2, 0) is 0 Å². The largest absolute Gasteiger partial charge is 0.335 e. The molecule has 0 spiro atoms. The monoisotopic (exact) mass is 375 g/mol. The van der Waals surface area contributed by atoms with Crippen molar-refractivity contribution in [1.29, 1.82) is 0 Å². The molecule has 1 heterocycles. The van der Waals surface area contributed by atoms with Crippen LogP contribution in [0.25, 0.3) is 11.4 Å². The van der Waals surface area contributed by atoms with Gasteiger partial charge in [0.05, 0.1) is 9.95 Å². The molecule has 3 aromatic rings. The number of hydrogen-bond acceptors (Lipinski definition) is 6.